The molecule has 1 N–H and O–H groups in total. The summed E-state index contributed by atoms with van der Waals surface area (Å²) < 4.78 is 21.4. The van der Waals surface area contributed by atoms with E-state index in [-0.39, 0.29) is 0 Å². The Hall–Kier alpha value is 0.420. The van der Waals surface area contributed by atoms with Gasteiger partial charge in [0.2, 0.25) is 0 Å². The summed E-state index contributed by atoms with van der Waals surface area (Å²) in [5.74, 6) is 0.536. The van der Waals surface area contributed by atoms with Gasteiger partial charge in [-0.3, -0.25) is 4.21 Å². The fraction of sp³-hybridized carbons (Fsp3) is 1.00. The molecule has 0 rings (SSSR count). The van der Waals surface area contributed by atoms with Crippen LogP contribution >= 0.6 is 12.6 Å². The van der Waals surface area contributed by atoms with E-state index in [1.807, 2.05) is 0 Å². The maximum atomic E-state index is 9.61. The predicted molar refractivity (Wildman–Crippen MR) is 30.8 cm³/mol. The third kappa shape index (κ3) is 6.42. The summed E-state index contributed by atoms with van der Waals surface area (Å²) >= 11 is 1.65. The summed E-state index contributed by atoms with van der Waals surface area (Å²) in [6.45, 7) is 0.402. The first-order valence-electron chi connectivity index (χ1n) is 1.71. The first kappa shape index (κ1) is 7.42. The van der Waals surface area contributed by atoms with Crippen molar-refractivity contribution in [2.24, 2.45) is 0 Å². The van der Waals surface area contributed by atoms with Gasteiger partial charge in [0.15, 0.2) is 0 Å². The van der Waals surface area contributed by atoms with E-state index >= 15 is 0 Å². The molecular weight excluding hydrogens is 134 g/mol. The molecule has 0 amide bonds. The van der Waals surface area contributed by atoms with Crippen molar-refractivity contribution in [1.82, 2.24) is 4.72 Å². The van der Waals surface area contributed by atoms with Gasteiger partial charge < -0.3 is 4.55 Å². The highest BCUT2D eigenvalue weighted by Gasteiger charge is 1.76. The molecule has 0 aromatic rings. The number of rotatable bonds is 3. The number of nitrogens with one attached hydrogen (secondary N) is 1. The van der Waals surface area contributed by atoms with Crippen LogP contribution in [0.4, 0.5) is 0 Å². The van der Waals surface area contributed by atoms with E-state index in [1.54, 1.807) is 0 Å². The van der Waals surface area contributed by atoms with Gasteiger partial charge in [0.05, 0.1) is 0 Å². The Morgan fingerprint density at radius 1 is 1.86 bits per heavy atom. The van der Waals surface area contributed by atoms with E-state index in [4.69, 9.17) is 0 Å². The lowest BCUT2D eigenvalue weighted by atomic mass is 10.8. The summed E-state index contributed by atoms with van der Waals surface area (Å²) in [7, 11) is 0. The smallest absolute Gasteiger partial charge is 0.0181 e. The first-order chi connectivity index (χ1) is 3.27. The van der Waals surface area contributed by atoms with Crippen molar-refractivity contribution in [3.8, 4) is 0 Å². The number of hydrogen-bond acceptors (Lipinski definition) is 3. The summed E-state index contributed by atoms with van der Waals surface area (Å²) in [6, 6.07) is 0. The molecule has 0 heterocycles. The first-order valence-corrected chi connectivity index (χ1v) is 3.41. The van der Waals surface area contributed by atoms with E-state index < -0.39 is 11.3 Å². The molecule has 3 nitrogen and oxygen atoms in total. The van der Waals surface area contributed by atoms with E-state index in [0.717, 1.165) is 0 Å². The Balaban J connectivity index is 2.82. The molecule has 0 saturated carbocycles. The Morgan fingerprint density at radius 2 is 2.43 bits per heavy atom. The SMILES string of the molecule is O=S([O-])NCCS. The maximum absolute atomic E-state index is 9.61. The lowest BCUT2D eigenvalue weighted by Crippen LogP contribution is -2.18. The Bertz CT molecular complexity index is 66.7. The Morgan fingerprint density at radius 3 is 2.57 bits per heavy atom. The van der Waals surface area contributed by atoms with Crippen LogP contribution in [0.25, 0.3) is 0 Å². The van der Waals surface area contributed by atoms with Gasteiger partial charge in [-0.25, -0.2) is 4.72 Å². The Labute approximate surface area is 50.3 Å². The molecule has 7 heavy (non-hydrogen) atoms. The van der Waals surface area contributed by atoms with E-state index in [0.29, 0.717) is 12.3 Å². The van der Waals surface area contributed by atoms with Gasteiger partial charge in [-0.15, -0.1) is 0 Å². The molecule has 0 aliphatic rings. The minimum atomic E-state index is -2.11. The van der Waals surface area contributed by atoms with Gasteiger partial charge in [-0.05, 0) is 0 Å². The highest BCUT2D eigenvalue weighted by atomic mass is 32.2. The zero-order chi connectivity index (χ0) is 5.70. The van der Waals surface area contributed by atoms with Crippen molar-refractivity contribution in [3.05, 3.63) is 0 Å². The molecule has 0 bridgehead atoms. The lowest BCUT2D eigenvalue weighted by molar-refractivity contribution is 0.525. The third-order valence-corrected chi connectivity index (χ3v) is 0.995. The highest BCUT2D eigenvalue weighted by molar-refractivity contribution is 7.80. The molecule has 0 radical (unpaired) electrons. The zero-order valence-electron chi connectivity index (χ0n) is 3.59. The second-order valence-corrected chi connectivity index (χ2v) is 2.06. The van der Waals surface area contributed by atoms with Gasteiger partial charge in [-0.1, -0.05) is 0 Å². The van der Waals surface area contributed by atoms with Crippen LogP contribution in [0.5, 0.6) is 0 Å². The van der Waals surface area contributed by atoms with Crippen LogP contribution in [0.15, 0.2) is 0 Å². The largest absolute Gasteiger partial charge is 0.760 e. The van der Waals surface area contributed by atoms with Gasteiger partial charge >= 0.3 is 0 Å². The quantitative estimate of drug-likeness (QED) is 0.402. The van der Waals surface area contributed by atoms with Gasteiger partial charge in [0.25, 0.3) is 0 Å². The summed E-state index contributed by atoms with van der Waals surface area (Å²) in [6.07, 6.45) is 0. The van der Waals surface area contributed by atoms with Gasteiger partial charge in [0.1, 0.15) is 0 Å². The van der Waals surface area contributed by atoms with E-state index in [1.165, 1.54) is 0 Å². The van der Waals surface area contributed by atoms with Crippen molar-refractivity contribution < 1.29 is 8.76 Å². The van der Waals surface area contributed by atoms with Crippen molar-refractivity contribution in [2.75, 3.05) is 12.3 Å². The second-order valence-electron chi connectivity index (χ2n) is 0.853. The van der Waals surface area contributed by atoms with Crippen LogP contribution < -0.4 is 4.72 Å². The fourth-order valence-corrected chi connectivity index (χ4v) is 0.661. The topological polar surface area (TPSA) is 52.2 Å². The summed E-state index contributed by atoms with van der Waals surface area (Å²) in [4.78, 5) is 0. The molecule has 0 aliphatic heterocycles. The van der Waals surface area contributed by atoms with E-state index in [9.17, 15) is 8.76 Å². The normalized spacial score (nSPS) is 14.0. The van der Waals surface area contributed by atoms with Crippen molar-refractivity contribution in [1.29, 1.82) is 0 Å². The average Bonchev–Trinajstić information content (AvgIpc) is 1.61. The molecule has 0 fully saturated rings. The van der Waals surface area contributed by atoms with Gasteiger partial charge in [0, 0.05) is 23.6 Å². The third-order valence-electron chi connectivity index (χ3n) is 0.332. The minimum absolute atomic E-state index is 0.402. The number of thiol groups is 1. The molecule has 44 valence electrons. The summed E-state index contributed by atoms with van der Waals surface area (Å²) in [5.41, 5.74) is 0. The molecule has 0 spiro atoms. The predicted octanol–water partition coefficient (Wildman–Crippen LogP) is -0.700. The molecule has 1 atom stereocenters. The zero-order valence-corrected chi connectivity index (χ0v) is 5.30. The van der Waals surface area contributed by atoms with Crippen LogP contribution in [0, 0.1) is 0 Å². The molecular formula is C2H6NO2S2-. The highest BCUT2D eigenvalue weighted by Crippen LogP contribution is 1.68. The van der Waals surface area contributed by atoms with Crippen LogP contribution in [0.3, 0.4) is 0 Å². The molecule has 0 aromatic heterocycles. The molecule has 1 unspecified atom stereocenters. The second kappa shape index (κ2) is 4.58. The monoisotopic (exact) mass is 140 g/mol. The minimum Gasteiger partial charge on any atom is -0.760 e. The van der Waals surface area contributed by atoms with Crippen LogP contribution in [-0.4, -0.2) is 21.1 Å². The average molecular weight is 140 g/mol. The van der Waals surface area contributed by atoms with E-state index in [2.05, 4.69) is 17.4 Å². The standard InChI is InChI=1S/C2H7NO2S2/c4-7(5)3-1-2-6/h3,6H,1-2H2,(H,4,5)/p-1. The Kier molecular flexibility index (Phi) is 4.85. The van der Waals surface area contributed by atoms with Crippen LogP contribution in [0.2, 0.25) is 0 Å². The molecule has 0 saturated heterocycles. The van der Waals surface area contributed by atoms with Crippen molar-refractivity contribution >= 4 is 23.9 Å². The fourth-order valence-electron chi connectivity index (χ4n) is 0.129. The summed E-state index contributed by atoms with van der Waals surface area (Å²) in [5, 5.41) is 0. The maximum Gasteiger partial charge on any atom is 0.0181 e. The molecule has 5 heteroatoms. The van der Waals surface area contributed by atoms with Crippen molar-refractivity contribution in [2.45, 2.75) is 0 Å². The molecule has 0 aliphatic carbocycles. The lowest BCUT2D eigenvalue weighted by Gasteiger charge is -2.02. The number of hydrogen-bond donors (Lipinski definition) is 2. The van der Waals surface area contributed by atoms with Crippen LogP contribution in [-0.2, 0) is 11.3 Å². The van der Waals surface area contributed by atoms with Gasteiger partial charge in [-0.2, -0.15) is 12.6 Å². The van der Waals surface area contributed by atoms with Crippen molar-refractivity contribution in [3.63, 3.8) is 0 Å². The molecule has 0 aromatic carbocycles. The van der Waals surface area contributed by atoms with Crippen LogP contribution in [0.1, 0.15) is 0 Å².